The first-order valence-corrected chi connectivity index (χ1v) is 6.40. The van der Waals surface area contributed by atoms with Crippen LogP contribution < -0.4 is 5.73 Å². The maximum atomic E-state index is 13.5. The van der Waals surface area contributed by atoms with Crippen LogP contribution in [0.3, 0.4) is 0 Å². The van der Waals surface area contributed by atoms with E-state index in [1.165, 1.54) is 6.07 Å². The molecule has 0 saturated carbocycles. The van der Waals surface area contributed by atoms with Gasteiger partial charge in [-0.1, -0.05) is 6.07 Å². The van der Waals surface area contributed by atoms with Crippen molar-refractivity contribution in [2.45, 2.75) is 32.2 Å². The summed E-state index contributed by atoms with van der Waals surface area (Å²) in [5, 5.41) is 0. The Kier molecular flexibility index (Phi) is 3.97. The van der Waals surface area contributed by atoms with Crippen LogP contribution in [0.1, 0.15) is 35.2 Å². The molecule has 0 aliphatic carbocycles. The van der Waals surface area contributed by atoms with E-state index < -0.39 is 0 Å². The summed E-state index contributed by atoms with van der Waals surface area (Å²) < 4.78 is 13.5. The van der Waals surface area contributed by atoms with E-state index in [9.17, 15) is 9.18 Å². The first kappa shape index (κ1) is 13.0. The molecule has 1 amide bonds. The molecule has 1 heterocycles. The Morgan fingerprint density at radius 1 is 1.50 bits per heavy atom. The highest BCUT2D eigenvalue weighted by atomic mass is 19.1. The number of carbonyl (C=O) groups is 1. The van der Waals surface area contributed by atoms with Crippen molar-refractivity contribution in [3.63, 3.8) is 0 Å². The lowest BCUT2D eigenvalue weighted by atomic mass is 10.0. The minimum atomic E-state index is -0.331. The molecule has 3 nitrogen and oxygen atoms in total. The summed E-state index contributed by atoms with van der Waals surface area (Å²) >= 11 is 0. The molecule has 1 atom stereocenters. The van der Waals surface area contributed by atoms with Crippen molar-refractivity contribution >= 4 is 5.91 Å². The van der Waals surface area contributed by atoms with Crippen LogP contribution >= 0.6 is 0 Å². The molecule has 2 N–H and O–H groups in total. The highest BCUT2D eigenvalue weighted by Gasteiger charge is 2.26. The van der Waals surface area contributed by atoms with E-state index in [0.29, 0.717) is 17.7 Å². The Bertz CT molecular complexity index is 447. The zero-order chi connectivity index (χ0) is 13.1. The smallest absolute Gasteiger partial charge is 0.254 e. The average Bonchev–Trinajstić information content (AvgIpc) is 2.41. The normalized spacial score (nSPS) is 19.9. The van der Waals surface area contributed by atoms with Crippen LogP contribution in [0.15, 0.2) is 18.2 Å². The number of likely N-dealkylation sites (tertiary alicyclic amines) is 1. The monoisotopic (exact) mass is 250 g/mol. The maximum Gasteiger partial charge on any atom is 0.254 e. The summed E-state index contributed by atoms with van der Waals surface area (Å²) in [4.78, 5) is 14.1. The van der Waals surface area contributed by atoms with Crippen molar-refractivity contribution in [2.24, 2.45) is 5.73 Å². The molecule has 2 rings (SSSR count). The number of hydrogen-bond donors (Lipinski definition) is 1. The molecule has 1 fully saturated rings. The van der Waals surface area contributed by atoms with E-state index in [1.54, 1.807) is 24.0 Å². The molecule has 18 heavy (non-hydrogen) atoms. The number of nitrogens with zero attached hydrogens (tertiary/aromatic N) is 1. The second kappa shape index (κ2) is 5.48. The molecule has 0 spiro atoms. The molecule has 98 valence electrons. The number of hydrogen-bond acceptors (Lipinski definition) is 2. The zero-order valence-electron chi connectivity index (χ0n) is 10.7. The van der Waals surface area contributed by atoms with Crippen molar-refractivity contribution in [1.29, 1.82) is 0 Å². The molecule has 0 radical (unpaired) electrons. The highest BCUT2D eigenvalue weighted by Crippen LogP contribution is 2.20. The second-order valence-electron chi connectivity index (χ2n) is 4.85. The third kappa shape index (κ3) is 2.53. The summed E-state index contributed by atoms with van der Waals surface area (Å²) in [6.07, 6.45) is 3.04. The van der Waals surface area contributed by atoms with Gasteiger partial charge in [0.2, 0.25) is 0 Å². The number of halogens is 1. The predicted octanol–water partition coefficient (Wildman–Crippen LogP) is 2.09. The summed E-state index contributed by atoms with van der Waals surface area (Å²) in [6.45, 7) is 2.88. The van der Waals surface area contributed by atoms with Crippen molar-refractivity contribution in [3.05, 3.63) is 35.1 Å². The van der Waals surface area contributed by atoms with Crippen LogP contribution in [-0.4, -0.2) is 29.9 Å². The van der Waals surface area contributed by atoms with Crippen LogP contribution in [0.5, 0.6) is 0 Å². The van der Waals surface area contributed by atoms with E-state index in [1.807, 2.05) is 0 Å². The first-order valence-electron chi connectivity index (χ1n) is 6.40. The zero-order valence-corrected chi connectivity index (χ0v) is 10.7. The lowest BCUT2D eigenvalue weighted by Crippen LogP contribution is -2.47. The predicted molar refractivity (Wildman–Crippen MR) is 68.9 cm³/mol. The van der Waals surface area contributed by atoms with Gasteiger partial charge in [-0.25, -0.2) is 4.39 Å². The minimum Gasteiger partial charge on any atom is -0.334 e. The number of aryl methyl sites for hydroxylation is 1. The largest absolute Gasteiger partial charge is 0.334 e. The van der Waals surface area contributed by atoms with Crippen molar-refractivity contribution in [3.8, 4) is 0 Å². The number of rotatable bonds is 2. The Labute approximate surface area is 107 Å². The van der Waals surface area contributed by atoms with Gasteiger partial charge in [-0.3, -0.25) is 4.79 Å². The summed E-state index contributed by atoms with van der Waals surface area (Å²) in [6, 6.07) is 4.74. The van der Waals surface area contributed by atoms with Crippen molar-refractivity contribution < 1.29 is 9.18 Å². The summed E-state index contributed by atoms with van der Waals surface area (Å²) in [7, 11) is 0. The van der Waals surface area contributed by atoms with Gasteiger partial charge in [-0.2, -0.15) is 0 Å². The molecule has 1 saturated heterocycles. The molecule has 1 aromatic rings. The van der Waals surface area contributed by atoms with Crippen molar-refractivity contribution in [2.75, 3.05) is 13.1 Å². The number of amides is 1. The number of carbonyl (C=O) groups excluding carboxylic acids is 1. The van der Waals surface area contributed by atoms with Crippen LogP contribution in [0, 0.1) is 12.7 Å². The van der Waals surface area contributed by atoms with E-state index in [4.69, 9.17) is 5.73 Å². The molecule has 4 heteroatoms. The topological polar surface area (TPSA) is 46.3 Å². The lowest BCUT2D eigenvalue weighted by Gasteiger charge is -2.35. The van der Waals surface area contributed by atoms with Crippen molar-refractivity contribution in [1.82, 2.24) is 4.90 Å². The Balaban J connectivity index is 2.21. The third-order valence-corrected chi connectivity index (χ3v) is 3.58. The number of benzene rings is 1. The number of nitrogens with two attached hydrogens (primary N) is 1. The molecule has 0 unspecified atom stereocenters. The Hall–Kier alpha value is -1.42. The van der Waals surface area contributed by atoms with Gasteiger partial charge < -0.3 is 10.6 Å². The van der Waals surface area contributed by atoms with Gasteiger partial charge in [0.15, 0.2) is 0 Å². The SMILES string of the molecule is Cc1ccc(C(=O)N2CCCC[C@H]2CN)cc1F. The van der Waals surface area contributed by atoms with Crippen LogP contribution in [0.4, 0.5) is 4.39 Å². The van der Waals surface area contributed by atoms with Crippen LogP contribution in [-0.2, 0) is 0 Å². The molecule has 1 aliphatic heterocycles. The van der Waals surface area contributed by atoms with Gasteiger partial charge in [0.1, 0.15) is 5.82 Å². The quantitative estimate of drug-likeness (QED) is 0.873. The molecular formula is C14H19FN2O. The molecule has 0 aromatic heterocycles. The fourth-order valence-electron chi connectivity index (χ4n) is 2.40. The van der Waals surface area contributed by atoms with E-state index in [2.05, 4.69) is 0 Å². The summed E-state index contributed by atoms with van der Waals surface area (Å²) in [5.41, 5.74) is 6.67. The van der Waals surface area contributed by atoms with Gasteiger partial charge >= 0.3 is 0 Å². The minimum absolute atomic E-state index is 0.0932. The molecule has 1 aromatic carbocycles. The fraction of sp³-hybridized carbons (Fsp3) is 0.500. The Morgan fingerprint density at radius 2 is 2.28 bits per heavy atom. The third-order valence-electron chi connectivity index (χ3n) is 3.58. The fourth-order valence-corrected chi connectivity index (χ4v) is 2.40. The maximum absolute atomic E-state index is 13.5. The highest BCUT2D eigenvalue weighted by molar-refractivity contribution is 5.94. The lowest BCUT2D eigenvalue weighted by molar-refractivity contribution is 0.0623. The average molecular weight is 250 g/mol. The van der Waals surface area contributed by atoms with Gasteiger partial charge in [0.05, 0.1) is 0 Å². The van der Waals surface area contributed by atoms with Gasteiger partial charge in [0.25, 0.3) is 5.91 Å². The Morgan fingerprint density at radius 3 is 2.94 bits per heavy atom. The van der Waals surface area contributed by atoms with E-state index in [0.717, 1.165) is 25.8 Å². The van der Waals surface area contributed by atoms with Gasteiger partial charge in [-0.15, -0.1) is 0 Å². The standard InChI is InChI=1S/C14H19FN2O/c1-10-5-6-11(8-13(10)15)14(18)17-7-3-2-4-12(17)9-16/h5-6,8,12H,2-4,7,9,16H2,1H3/t12-/m0/s1. The first-order chi connectivity index (χ1) is 8.63. The summed E-state index contributed by atoms with van der Waals surface area (Å²) in [5.74, 6) is -0.439. The molecular weight excluding hydrogens is 231 g/mol. The van der Waals surface area contributed by atoms with Gasteiger partial charge in [-0.05, 0) is 43.9 Å². The van der Waals surface area contributed by atoms with Crippen LogP contribution in [0.2, 0.25) is 0 Å². The van der Waals surface area contributed by atoms with E-state index in [-0.39, 0.29) is 17.8 Å². The van der Waals surface area contributed by atoms with Crippen LogP contribution in [0.25, 0.3) is 0 Å². The number of piperidine rings is 1. The van der Waals surface area contributed by atoms with E-state index >= 15 is 0 Å². The van der Waals surface area contributed by atoms with Gasteiger partial charge in [0, 0.05) is 24.7 Å². The second-order valence-corrected chi connectivity index (χ2v) is 4.85. The molecule has 1 aliphatic rings. The molecule has 0 bridgehead atoms.